The van der Waals surface area contributed by atoms with E-state index in [-0.39, 0.29) is 6.79 Å². The highest BCUT2D eigenvalue weighted by Crippen LogP contribution is 2.41. The standard InChI is InChI=1S/C17H19NO3/c1-11-5-4-6-14(12(11)2)18-9-13-7-15(19-3)17-16(8-13)20-10-21-17/h4-8,18H,9-10H2,1-3H3. The van der Waals surface area contributed by atoms with Gasteiger partial charge in [0.2, 0.25) is 12.5 Å². The molecule has 0 aliphatic carbocycles. The number of hydrogen-bond acceptors (Lipinski definition) is 4. The number of benzene rings is 2. The lowest BCUT2D eigenvalue weighted by atomic mass is 10.1. The largest absolute Gasteiger partial charge is 0.493 e. The highest BCUT2D eigenvalue weighted by atomic mass is 16.7. The fourth-order valence-corrected chi connectivity index (χ4v) is 2.43. The average Bonchev–Trinajstić information content (AvgIpc) is 2.96. The van der Waals surface area contributed by atoms with E-state index < -0.39 is 0 Å². The Kier molecular flexibility index (Phi) is 3.60. The molecule has 0 atom stereocenters. The maximum atomic E-state index is 5.45. The van der Waals surface area contributed by atoms with Crippen molar-refractivity contribution in [1.29, 1.82) is 0 Å². The van der Waals surface area contributed by atoms with Crippen molar-refractivity contribution >= 4 is 5.69 Å². The summed E-state index contributed by atoms with van der Waals surface area (Å²) in [5, 5.41) is 3.46. The summed E-state index contributed by atoms with van der Waals surface area (Å²) >= 11 is 0. The molecule has 4 nitrogen and oxygen atoms in total. The van der Waals surface area contributed by atoms with Gasteiger partial charge >= 0.3 is 0 Å². The van der Waals surface area contributed by atoms with Crippen LogP contribution in [0.1, 0.15) is 16.7 Å². The second-order valence-corrected chi connectivity index (χ2v) is 5.13. The zero-order chi connectivity index (χ0) is 14.8. The summed E-state index contributed by atoms with van der Waals surface area (Å²) in [4.78, 5) is 0. The summed E-state index contributed by atoms with van der Waals surface area (Å²) in [6.45, 7) is 5.19. The van der Waals surface area contributed by atoms with Crippen molar-refractivity contribution in [2.75, 3.05) is 19.2 Å². The number of aryl methyl sites for hydroxylation is 1. The van der Waals surface area contributed by atoms with Crippen LogP contribution in [-0.4, -0.2) is 13.9 Å². The van der Waals surface area contributed by atoms with Gasteiger partial charge in [0, 0.05) is 12.2 Å². The Bertz CT molecular complexity index is 667. The molecule has 0 saturated heterocycles. The molecule has 0 radical (unpaired) electrons. The number of fused-ring (bicyclic) bond motifs is 1. The van der Waals surface area contributed by atoms with E-state index in [2.05, 4.69) is 37.4 Å². The number of hydrogen-bond donors (Lipinski definition) is 1. The van der Waals surface area contributed by atoms with Crippen molar-refractivity contribution < 1.29 is 14.2 Å². The molecule has 110 valence electrons. The molecule has 4 heteroatoms. The van der Waals surface area contributed by atoms with Crippen molar-refractivity contribution in [3.05, 3.63) is 47.0 Å². The van der Waals surface area contributed by atoms with Crippen LogP contribution in [0.3, 0.4) is 0 Å². The lowest BCUT2D eigenvalue weighted by Crippen LogP contribution is -2.02. The van der Waals surface area contributed by atoms with Gasteiger partial charge in [0.05, 0.1) is 7.11 Å². The lowest BCUT2D eigenvalue weighted by Gasteiger charge is -2.13. The fourth-order valence-electron chi connectivity index (χ4n) is 2.43. The predicted octanol–water partition coefficient (Wildman–Crippen LogP) is 3.65. The van der Waals surface area contributed by atoms with Crippen molar-refractivity contribution in [2.24, 2.45) is 0 Å². The van der Waals surface area contributed by atoms with Gasteiger partial charge in [-0.1, -0.05) is 12.1 Å². The minimum Gasteiger partial charge on any atom is -0.493 e. The monoisotopic (exact) mass is 285 g/mol. The van der Waals surface area contributed by atoms with Crippen LogP contribution in [0.15, 0.2) is 30.3 Å². The number of rotatable bonds is 4. The van der Waals surface area contributed by atoms with Crippen LogP contribution in [0, 0.1) is 13.8 Å². The Morgan fingerprint density at radius 1 is 1.19 bits per heavy atom. The SMILES string of the molecule is COc1cc(CNc2cccc(C)c2C)cc2c1OCO2. The Balaban J connectivity index is 1.81. The van der Waals surface area contributed by atoms with Gasteiger partial charge in [-0.15, -0.1) is 0 Å². The molecular weight excluding hydrogens is 266 g/mol. The summed E-state index contributed by atoms with van der Waals surface area (Å²) in [6.07, 6.45) is 0. The highest BCUT2D eigenvalue weighted by Gasteiger charge is 2.19. The maximum absolute atomic E-state index is 5.45. The Labute approximate surface area is 124 Å². The molecule has 1 N–H and O–H groups in total. The van der Waals surface area contributed by atoms with Crippen LogP contribution in [0.4, 0.5) is 5.69 Å². The first-order valence-corrected chi connectivity index (χ1v) is 6.95. The minimum atomic E-state index is 0.250. The molecule has 0 amide bonds. The minimum absolute atomic E-state index is 0.250. The van der Waals surface area contributed by atoms with Gasteiger partial charge in [-0.25, -0.2) is 0 Å². The molecule has 0 spiro atoms. The quantitative estimate of drug-likeness (QED) is 0.930. The van der Waals surface area contributed by atoms with E-state index in [0.29, 0.717) is 18.0 Å². The van der Waals surface area contributed by atoms with Crippen LogP contribution >= 0.6 is 0 Å². The normalized spacial score (nSPS) is 12.3. The number of ether oxygens (including phenoxy) is 3. The maximum Gasteiger partial charge on any atom is 0.231 e. The van der Waals surface area contributed by atoms with E-state index >= 15 is 0 Å². The third-order valence-electron chi connectivity index (χ3n) is 3.81. The van der Waals surface area contributed by atoms with Gasteiger partial charge in [-0.05, 0) is 48.7 Å². The zero-order valence-electron chi connectivity index (χ0n) is 12.5. The predicted molar refractivity (Wildman–Crippen MR) is 82.4 cm³/mol. The summed E-state index contributed by atoms with van der Waals surface area (Å²) < 4.78 is 16.2. The molecule has 1 aliphatic rings. The van der Waals surface area contributed by atoms with Crippen LogP contribution in [0.2, 0.25) is 0 Å². The first-order valence-electron chi connectivity index (χ1n) is 6.95. The Morgan fingerprint density at radius 3 is 2.86 bits per heavy atom. The van der Waals surface area contributed by atoms with Gasteiger partial charge in [0.15, 0.2) is 11.5 Å². The highest BCUT2D eigenvalue weighted by molar-refractivity contribution is 5.57. The summed E-state index contributed by atoms with van der Waals surface area (Å²) in [7, 11) is 1.64. The molecule has 0 unspecified atom stereocenters. The molecular formula is C17H19NO3. The first-order chi connectivity index (χ1) is 10.2. The van der Waals surface area contributed by atoms with E-state index in [4.69, 9.17) is 14.2 Å². The molecule has 0 saturated carbocycles. The van der Waals surface area contributed by atoms with Gasteiger partial charge in [0.25, 0.3) is 0 Å². The molecule has 2 aromatic rings. The molecule has 1 heterocycles. The van der Waals surface area contributed by atoms with Gasteiger partial charge in [0.1, 0.15) is 0 Å². The third-order valence-corrected chi connectivity index (χ3v) is 3.81. The number of methoxy groups -OCH3 is 1. The van der Waals surface area contributed by atoms with E-state index in [9.17, 15) is 0 Å². The van der Waals surface area contributed by atoms with Crippen LogP contribution in [0.25, 0.3) is 0 Å². The van der Waals surface area contributed by atoms with Crippen molar-refractivity contribution in [3.63, 3.8) is 0 Å². The molecule has 21 heavy (non-hydrogen) atoms. The van der Waals surface area contributed by atoms with E-state index in [1.165, 1.54) is 11.1 Å². The van der Waals surface area contributed by atoms with Crippen molar-refractivity contribution in [1.82, 2.24) is 0 Å². The summed E-state index contributed by atoms with van der Waals surface area (Å²) in [6, 6.07) is 10.2. The van der Waals surface area contributed by atoms with Gasteiger partial charge in [-0.3, -0.25) is 0 Å². The molecule has 0 bridgehead atoms. The van der Waals surface area contributed by atoms with Crippen molar-refractivity contribution in [2.45, 2.75) is 20.4 Å². The van der Waals surface area contributed by atoms with Gasteiger partial charge in [-0.2, -0.15) is 0 Å². The van der Waals surface area contributed by atoms with E-state index in [1.807, 2.05) is 12.1 Å². The molecule has 2 aromatic carbocycles. The van der Waals surface area contributed by atoms with E-state index in [1.54, 1.807) is 7.11 Å². The second-order valence-electron chi connectivity index (χ2n) is 5.13. The average molecular weight is 285 g/mol. The molecule has 0 aromatic heterocycles. The summed E-state index contributed by atoms with van der Waals surface area (Å²) in [5.41, 5.74) is 4.79. The number of anilines is 1. The fraction of sp³-hybridized carbons (Fsp3) is 0.294. The molecule has 1 aliphatic heterocycles. The first kappa shape index (κ1) is 13.6. The van der Waals surface area contributed by atoms with E-state index in [0.717, 1.165) is 17.0 Å². The van der Waals surface area contributed by atoms with Crippen LogP contribution in [-0.2, 0) is 6.54 Å². The third kappa shape index (κ3) is 2.61. The topological polar surface area (TPSA) is 39.7 Å². The van der Waals surface area contributed by atoms with Crippen molar-refractivity contribution in [3.8, 4) is 17.2 Å². The van der Waals surface area contributed by atoms with Crippen LogP contribution in [0.5, 0.6) is 17.2 Å². The Morgan fingerprint density at radius 2 is 2.05 bits per heavy atom. The second kappa shape index (κ2) is 5.56. The van der Waals surface area contributed by atoms with Gasteiger partial charge < -0.3 is 19.5 Å². The Hall–Kier alpha value is -2.36. The molecule has 3 rings (SSSR count). The molecule has 0 fully saturated rings. The van der Waals surface area contributed by atoms with Crippen LogP contribution < -0.4 is 19.5 Å². The zero-order valence-corrected chi connectivity index (χ0v) is 12.5. The smallest absolute Gasteiger partial charge is 0.231 e. The lowest BCUT2D eigenvalue weighted by molar-refractivity contribution is 0.171. The summed E-state index contributed by atoms with van der Waals surface area (Å²) in [5.74, 6) is 2.14. The number of nitrogens with one attached hydrogen (secondary N) is 1.